The number of thiophene rings is 1. The molecule has 1 atom stereocenters. The molecule has 0 radical (unpaired) electrons. The Morgan fingerprint density at radius 2 is 2.26 bits per heavy atom. The minimum atomic E-state index is -0.248. The number of carbonyl (C=O) groups is 1. The maximum absolute atomic E-state index is 12.4. The van der Waals surface area contributed by atoms with Crippen LogP contribution in [0.3, 0.4) is 0 Å². The average molecular weight is 333 g/mol. The van der Waals surface area contributed by atoms with E-state index in [1.165, 1.54) is 9.75 Å². The van der Waals surface area contributed by atoms with Crippen LogP contribution in [0.4, 0.5) is 0 Å². The molecule has 2 aromatic rings. The van der Waals surface area contributed by atoms with Crippen molar-refractivity contribution in [3.63, 3.8) is 0 Å². The summed E-state index contributed by atoms with van der Waals surface area (Å²) in [4.78, 5) is 21.9. The molecule has 1 aliphatic heterocycles. The number of fused-ring (bicyclic) bond motifs is 1. The molecule has 0 amide bonds. The Morgan fingerprint density at radius 3 is 2.91 bits per heavy atom. The Kier molecular flexibility index (Phi) is 4.82. The summed E-state index contributed by atoms with van der Waals surface area (Å²) in [6.45, 7) is 9.61. The molecule has 0 aliphatic carbocycles. The van der Waals surface area contributed by atoms with Crippen LogP contribution in [-0.2, 0) is 29.2 Å². The fourth-order valence-corrected chi connectivity index (χ4v) is 4.10. The smallest absolute Gasteiger partial charge is 0.316 e. The van der Waals surface area contributed by atoms with Crippen molar-refractivity contribution in [3.05, 3.63) is 39.6 Å². The number of ether oxygens (including phenoxy) is 1. The van der Waals surface area contributed by atoms with Crippen molar-refractivity contribution in [2.75, 3.05) is 13.2 Å². The van der Waals surface area contributed by atoms with Gasteiger partial charge in [0, 0.05) is 35.9 Å². The Morgan fingerprint density at radius 1 is 1.43 bits per heavy atom. The number of aromatic nitrogens is 2. The summed E-state index contributed by atoms with van der Waals surface area (Å²) in [6, 6.07) is 4.31. The second-order valence-electron chi connectivity index (χ2n) is 5.85. The number of hydrogen-bond acceptors (Lipinski definition) is 5. The molecule has 1 aliphatic rings. The minimum absolute atomic E-state index is 0.143. The van der Waals surface area contributed by atoms with Gasteiger partial charge in [-0.1, -0.05) is 0 Å². The zero-order valence-corrected chi connectivity index (χ0v) is 14.7. The quantitative estimate of drug-likeness (QED) is 0.789. The minimum Gasteiger partial charge on any atom is -0.465 e. The van der Waals surface area contributed by atoms with Crippen LogP contribution in [0.15, 0.2) is 18.5 Å². The van der Waals surface area contributed by atoms with Crippen LogP contribution in [-0.4, -0.2) is 33.6 Å². The Bertz CT molecular complexity index is 692. The van der Waals surface area contributed by atoms with Crippen LogP contribution in [0.2, 0.25) is 0 Å². The Balaban J connectivity index is 1.85. The van der Waals surface area contributed by atoms with E-state index in [-0.39, 0.29) is 11.9 Å². The molecular formula is C17H23N3O2S. The summed E-state index contributed by atoms with van der Waals surface area (Å²) in [5.41, 5.74) is 2.04. The molecule has 2 aromatic heterocycles. The maximum atomic E-state index is 12.4. The van der Waals surface area contributed by atoms with E-state index in [1.807, 2.05) is 24.6 Å². The van der Waals surface area contributed by atoms with Gasteiger partial charge in [-0.3, -0.25) is 9.69 Å². The molecule has 23 heavy (non-hydrogen) atoms. The highest BCUT2D eigenvalue weighted by Crippen LogP contribution is 2.30. The lowest BCUT2D eigenvalue weighted by molar-refractivity contribution is -0.146. The van der Waals surface area contributed by atoms with Crippen LogP contribution < -0.4 is 0 Å². The SMILES string of the molecule is CCOC(=O)C1CN(Cc2ccc(C)s2)Cc2ncn(CC)c21. The molecule has 3 rings (SSSR count). The van der Waals surface area contributed by atoms with Gasteiger partial charge in [-0.15, -0.1) is 11.3 Å². The molecule has 6 heteroatoms. The number of imidazole rings is 1. The highest BCUT2D eigenvalue weighted by molar-refractivity contribution is 7.11. The van der Waals surface area contributed by atoms with Gasteiger partial charge in [0.1, 0.15) is 5.92 Å². The number of aryl methyl sites for hydroxylation is 2. The van der Waals surface area contributed by atoms with Gasteiger partial charge in [0.15, 0.2) is 0 Å². The van der Waals surface area contributed by atoms with Gasteiger partial charge in [-0.2, -0.15) is 0 Å². The van der Waals surface area contributed by atoms with Gasteiger partial charge in [-0.25, -0.2) is 4.98 Å². The molecule has 0 aromatic carbocycles. The molecule has 124 valence electrons. The summed E-state index contributed by atoms with van der Waals surface area (Å²) in [6.07, 6.45) is 1.84. The number of esters is 1. The second kappa shape index (κ2) is 6.84. The monoisotopic (exact) mass is 333 g/mol. The van der Waals surface area contributed by atoms with Crippen LogP contribution >= 0.6 is 11.3 Å². The van der Waals surface area contributed by atoms with Gasteiger partial charge in [0.2, 0.25) is 0 Å². The molecule has 1 unspecified atom stereocenters. The number of nitrogens with zero attached hydrogens (tertiary/aromatic N) is 3. The fourth-order valence-electron chi connectivity index (χ4n) is 3.17. The van der Waals surface area contributed by atoms with Crippen molar-refractivity contribution in [1.82, 2.24) is 14.5 Å². The van der Waals surface area contributed by atoms with Crippen LogP contribution in [0.1, 0.15) is 40.9 Å². The lowest BCUT2D eigenvalue weighted by Crippen LogP contribution is -2.38. The molecular weight excluding hydrogens is 310 g/mol. The molecule has 0 fully saturated rings. The fraction of sp³-hybridized carbons (Fsp3) is 0.529. The van der Waals surface area contributed by atoms with E-state index >= 15 is 0 Å². The third-order valence-corrected chi connectivity index (χ3v) is 5.17. The van der Waals surface area contributed by atoms with E-state index in [2.05, 4.69) is 40.4 Å². The normalized spacial score (nSPS) is 18.0. The zero-order chi connectivity index (χ0) is 16.4. The lowest BCUT2D eigenvalue weighted by atomic mass is 9.98. The molecule has 5 nitrogen and oxygen atoms in total. The van der Waals surface area contributed by atoms with E-state index in [4.69, 9.17) is 4.74 Å². The van der Waals surface area contributed by atoms with Gasteiger partial charge in [0.05, 0.1) is 24.3 Å². The predicted octanol–water partition coefficient (Wildman–Crippen LogP) is 2.94. The summed E-state index contributed by atoms with van der Waals surface area (Å²) >= 11 is 1.81. The number of carbonyl (C=O) groups excluding carboxylic acids is 1. The first-order chi connectivity index (χ1) is 11.1. The molecule has 0 spiro atoms. The predicted molar refractivity (Wildman–Crippen MR) is 90.4 cm³/mol. The van der Waals surface area contributed by atoms with Crippen molar-refractivity contribution in [2.24, 2.45) is 0 Å². The molecule has 3 heterocycles. The number of hydrogen-bond donors (Lipinski definition) is 0. The number of rotatable bonds is 5. The van der Waals surface area contributed by atoms with Crippen molar-refractivity contribution >= 4 is 17.3 Å². The maximum Gasteiger partial charge on any atom is 0.316 e. The summed E-state index contributed by atoms with van der Waals surface area (Å²) < 4.78 is 7.38. The van der Waals surface area contributed by atoms with Crippen molar-refractivity contribution in [3.8, 4) is 0 Å². The lowest BCUT2D eigenvalue weighted by Gasteiger charge is -2.31. The molecule has 0 saturated carbocycles. The van der Waals surface area contributed by atoms with Gasteiger partial charge in [0.25, 0.3) is 0 Å². The van der Waals surface area contributed by atoms with Gasteiger partial charge in [-0.05, 0) is 32.9 Å². The summed E-state index contributed by atoms with van der Waals surface area (Å²) in [7, 11) is 0. The Hall–Kier alpha value is -1.66. The standard InChI is InChI=1S/C17H23N3O2S/c1-4-20-11-18-15-10-19(8-13-7-6-12(3)23-13)9-14(16(15)20)17(21)22-5-2/h6-7,11,14H,4-5,8-10H2,1-3H3. The average Bonchev–Trinajstić information content (AvgIpc) is 3.12. The van der Waals surface area contributed by atoms with Crippen molar-refractivity contribution in [1.29, 1.82) is 0 Å². The first-order valence-corrected chi connectivity index (χ1v) is 8.92. The highest BCUT2D eigenvalue weighted by Gasteiger charge is 2.35. The first-order valence-electron chi connectivity index (χ1n) is 8.10. The van der Waals surface area contributed by atoms with Crippen molar-refractivity contribution < 1.29 is 9.53 Å². The van der Waals surface area contributed by atoms with E-state index in [9.17, 15) is 4.79 Å². The van der Waals surface area contributed by atoms with Gasteiger partial charge >= 0.3 is 5.97 Å². The molecule has 0 bridgehead atoms. The highest BCUT2D eigenvalue weighted by atomic mass is 32.1. The van der Waals surface area contributed by atoms with E-state index in [0.717, 1.165) is 31.0 Å². The topological polar surface area (TPSA) is 47.4 Å². The third kappa shape index (κ3) is 3.33. The first kappa shape index (κ1) is 16.2. The van der Waals surface area contributed by atoms with E-state index in [1.54, 1.807) is 0 Å². The van der Waals surface area contributed by atoms with Crippen LogP contribution in [0.5, 0.6) is 0 Å². The zero-order valence-electron chi connectivity index (χ0n) is 13.9. The molecule has 0 saturated heterocycles. The third-order valence-electron chi connectivity index (χ3n) is 4.19. The van der Waals surface area contributed by atoms with E-state index < -0.39 is 0 Å². The molecule has 0 N–H and O–H groups in total. The summed E-state index contributed by atoms with van der Waals surface area (Å²) in [5, 5.41) is 0. The van der Waals surface area contributed by atoms with Gasteiger partial charge < -0.3 is 9.30 Å². The summed E-state index contributed by atoms with van der Waals surface area (Å²) in [5.74, 6) is -0.391. The van der Waals surface area contributed by atoms with Crippen LogP contribution in [0.25, 0.3) is 0 Å². The van der Waals surface area contributed by atoms with Crippen molar-refractivity contribution in [2.45, 2.75) is 46.3 Å². The second-order valence-corrected chi connectivity index (χ2v) is 7.22. The Labute approximate surface area is 140 Å². The van der Waals surface area contributed by atoms with E-state index in [0.29, 0.717) is 13.2 Å². The van der Waals surface area contributed by atoms with Crippen LogP contribution in [0, 0.1) is 6.92 Å². The largest absolute Gasteiger partial charge is 0.465 e.